The van der Waals surface area contributed by atoms with Crippen LogP contribution in [-0.2, 0) is 6.54 Å². The summed E-state index contributed by atoms with van der Waals surface area (Å²) in [6.45, 7) is 6.96. The van der Waals surface area contributed by atoms with E-state index in [2.05, 4.69) is 5.10 Å². The molecule has 1 heterocycles. The maximum absolute atomic E-state index is 9.68. The van der Waals surface area contributed by atoms with Gasteiger partial charge in [-0.05, 0) is 44.5 Å². The third kappa shape index (κ3) is 3.35. The van der Waals surface area contributed by atoms with Gasteiger partial charge in [0.25, 0.3) is 0 Å². The van der Waals surface area contributed by atoms with Gasteiger partial charge in [0, 0.05) is 11.8 Å². The van der Waals surface area contributed by atoms with Gasteiger partial charge in [-0.3, -0.25) is 4.68 Å². The van der Waals surface area contributed by atoms with Crippen LogP contribution in [0.2, 0.25) is 0 Å². The molecule has 0 saturated carbocycles. The molecular formula is C15H20N2O2. The molecule has 0 radical (unpaired) electrons. The van der Waals surface area contributed by atoms with E-state index in [0.717, 1.165) is 22.6 Å². The van der Waals surface area contributed by atoms with Crippen molar-refractivity contribution in [3.05, 3.63) is 47.3 Å². The standard InChI is InChI=1S/C15H20N2O2/c1-4-19-15-6-5-13(12(3)18)9-14(15)10-17-8-7-11(2)16-17/h5-9,12,18H,4,10H2,1-3H3. The number of benzene rings is 1. The molecule has 4 nitrogen and oxygen atoms in total. The van der Waals surface area contributed by atoms with Gasteiger partial charge >= 0.3 is 0 Å². The first kappa shape index (κ1) is 13.6. The highest BCUT2D eigenvalue weighted by Gasteiger charge is 2.09. The molecule has 0 aliphatic carbocycles. The minimum atomic E-state index is -0.478. The fourth-order valence-electron chi connectivity index (χ4n) is 2.00. The number of aliphatic hydroxyl groups excluding tert-OH is 1. The van der Waals surface area contributed by atoms with Gasteiger partial charge < -0.3 is 9.84 Å². The molecule has 0 amide bonds. The lowest BCUT2D eigenvalue weighted by atomic mass is 10.1. The van der Waals surface area contributed by atoms with Crippen LogP contribution >= 0.6 is 0 Å². The first-order valence-corrected chi connectivity index (χ1v) is 6.54. The van der Waals surface area contributed by atoms with E-state index in [1.165, 1.54) is 0 Å². The van der Waals surface area contributed by atoms with Gasteiger partial charge in [-0.15, -0.1) is 0 Å². The van der Waals surface area contributed by atoms with E-state index in [1.54, 1.807) is 6.92 Å². The number of hydrogen-bond acceptors (Lipinski definition) is 3. The predicted octanol–water partition coefficient (Wildman–Crippen LogP) is 2.69. The van der Waals surface area contributed by atoms with Crippen molar-refractivity contribution in [2.75, 3.05) is 6.61 Å². The lowest BCUT2D eigenvalue weighted by Gasteiger charge is -2.13. The Morgan fingerprint density at radius 1 is 1.37 bits per heavy atom. The summed E-state index contributed by atoms with van der Waals surface area (Å²) in [5.41, 5.74) is 2.91. The quantitative estimate of drug-likeness (QED) is 0.899. The topological polar surface area (TPSA) is 47.3 Å². The summed E-state index contributed by atoms with van der Waals surface area (Å²) in [6.07, 6.45) is 1.47. The minimum absolute atomic E-state index is 0.478. The number of rotatable bonds is 5. The average Bonchev–Trinajstić information content (AvgIpc) is 2.77. The molecule has 0 aliphatic heterocycles. The van der Waals surface area contributed by atoms with Crippen LogP contribution in [0.5, 0.6) is 5.75 Å². The van der Waals surface area contributed by atoms with E-state index in [1.807, 2.05) is 49.0 Å². The molecule has 0 fully saturated rings. The van der Waals surface area contributed by atoms with Gasteiger partial charge in [0.1, 0.15) is 5.75 Å². The first-order chi connectivity index (χ1) is 9.10. The summed E-state index contributed by atoms with van der Waals surface area (Å²) in [6, 6.07) is 7.76. The zero-order chi connectivity index (χ0) is 13.8. The monoisotopic (exact) mass is 260 g/mol. The second kappa shape index (κ2) is 5.89. The summed E-state index contributed by atoms with van der Waals surface area (Å²) in [5, 5.41) is 14.1. The largest absolute Gasteiger partial charge is 0.494 e. The number of aromatic nitrogens is 2. The van der Waals surface area contributed by atoms with Gasteiger partial charge in [0.15, 0.2) is 0 Å². The highest BCUT2D eigenvalue weighted by atomic mass is 16.5. The smallest absolute Gasteiger partial charge is 0.124 e. The van der Waals surface area contributed by atoms with Gasteiger partial charge in [0.2, 0.25) is 0 Å². The molecule has 2 rings (SSSR count). The van der Waals surface area contributed by atoms with Crippen LogP contribution in [0, 0.1) is 6.92 Å². The lowest BCUT2D eigenvalue weighted by Crippen LogP contribution is -2.05. The third-order valence-corrected chi connectivity index (χ3v) is 2.97. The molecule has 1 unspecified atom stereocenters. The molecule has 102 valence electrons. The van der Waals surface area contributed by atoms with E-state index in [-0.39, 0.29) is 0 Å². The van der Waals surface area contributed by atoms with Crippen LogP contribution in [0.4, 0.5) is 0 Å². The van der Waals surface area contributed by atoms with Gasteiger partial charge in [-0.2, -0.15) is 5.10 Å². The molecule has 4 heteroatoms. The summed E-state index contributed by atoms with van der Waals surface area (Å²) < 4.78 is 7.50. The van der Waals surface area contributed by atoms with Crippen LogP contribution < -0.4 is 4.74 Å². The maximum Gasteiger partial charge on any atom is 0.124 e. The van der Waals surface area contributed by atoms with Crippen molar-refractivity contribution in [3.63, 3.8) is 0 Å². The van der Waals surface area contributed by atoms with Crippen molar-refractivity contribution < 1.29 is 9.84 Å². The minimum Gasteiger partial charge on any atom is -0.494 e. The van der Waals surface area contributed by atoms with Crippen molar-refractivity contribution in [1.29, 1.82) is 0 Å². The van der Waals surface area contributed by atoms with Crippen LogP contribution in [0.15, 0.2) is 30.5 Å². The highest BCUT2D eigenvalue weighted by molar-refractivity contribution is 5.38. The van der Waals surface area contributed by atoms with Gasteiger partial charge in [-0.1, -0.05) is 6.07 Å². The second-order valence-corrected chi connectivity index (χ2v) is 4.63. The first-order valence-electron chi connectivity index (χ1n) is 6.54. The Morgan fingerprint density at radius 3 is 2.74 bits per heavy atom. The van der Waals surface area contributed by atoms with Crippen LogP contribution in [-0.4, -0.2) is 21.5 Å². The molecule has 1 aromatic carbocycles. The Labute approximate surface area is 113 Å². The summed E-state index contributed by atoms with van der Waals surface area (Å²) in [7, 11) is 0. The molecule has 1 aromatic heterocycles. The zero-order valence-electron chi connectivity index (χ0n) is 11.6. The SMILES string of the molecule is CCOc1ccc(C(C)O)cc1Cn1ccc(C)n1. The zero-order valence-corrected chi connectivity index (χ0v) is 11.6. The van der Waals surface area contributed by atoms with E-state index < -0.39 is 6.10 Å². The van der Waals surface area contributed by atoms with E-state index in [0.29, 0.717) is 13.2 Å². The molecule has 0 aliphatic rings. The number of ether oxygens (including phenoxy) is 1. The fraction of sp³-hybridized carbons (Fsp3) is 0.400. The molecule has 0 spiro atoms. The fourth-order valence-corrected chi connectivity index (χ4v) is 2.00. The van der Waals surface area contributed by atoms with Crippen molar-refractivity contribution >= 4 is 0 Å². The van der Waals surface area contributed by atoms with E-state index in [4.69, 9.17) is 4.74 Å². The van der Waals surface area contributed by atoms with Crippen molar-refractivity contribution in [2.45, 2.75) is 33.4 Å². The Kier molecular flexibility index (Phi) is 4.22. The number of hydrogen-bond donors (Lipinski definition) is 1. The van der Waals surface area contributed by atoms with Crippen LogP contribution in [0.3, 0.4) is 0 Å². The third-order valence-electron chi connectivity index (χ3n) is 2.97. The lowest BCUT2D eigenvalue weighted by molar-refractivity contribution is 0.199. The van der Waals surface area contributed by atoms with Crippen molar-refractivity contribution in [3.8, 4) is 5.75 Å². The van der Waals surface area contributed by atoms with Gasteiger partial charge in [0.05, 0.1) is 24.9 Å². The molecule has 1 N–H and O–H groups in total. The summed E-state index contributed by atoms with van der Waals surface area (Å²) in [4.78, 5) is 0. The molecule has 2 aromatic rings. The van der Waals surface area contributed by atoms with Crippen molar-refractivity contribution in [1.82, 2.24) is 9.78 Å². The Balaban J connectivity index is 2.31. The normalized spacial score (nSPS) is 12.4. The van der Waals surface area contributed by atoms with Crippen LogP contribution in [0.1, 0.15) is 36.8 Å². The number of aryl methyl sites for hydroxylation is 1. The van der Waals surface area contributed by atoms with Gasteiger partial charge in [-0.25, -0.2) is 0 Å². The molecule has 0 saturated heterocycles. The molecule has 19 heavy (non-hydrogen) atoms. The predicted molar refractivity (Wildman–Crippen MR) is 74.3 cm³/mol. The Morgan fingerprint density at radius 2 is 2.16 bits per heavy atom. The van der Waals surface area contributed by atoms with Crippen LogP contribution in [0.25, 0.3) is 0 Å². The second-order valence-electron chi connectivity index (χ2n) is 4.63. The Hall–Kier alpha value is -1.81. The van der Waals surface area contributed by atoms with E-state index in [9.17, 15) is 5.11 Å². The maximum atomic E-state index is 9.68. The summed E-state index contributed by atoms with van der Waals surface area (Å²) in [5.74, 6) is 0.847. The molecular weight excluding hydrogens is 240 g/mol. The Bertz CT molecular complexity index is 547. The molecule has 1 atom stereocenters. The highest BCUT2D eigenvalue weighted by Crippen LogP contribution is 2.24. The molecule has 0 bridgehead atoms. The summed E-state index contributed by atoms with van der Waals surface area (Å²) >= 11 is 0. The number of aliphatic hydroxyl groups is 1. The van der Waals surface area contributed by atoms with Crippen molar-refractivity contribution in [2.24, 2.45) is 0 Å². The average molecular weight is 260 g/mol. The number of nitrogens with zero attached hydrogens (tertiary/aromatic N) is 2. The van der Waals surface area contributed by atoms with E-state index >= 15 is 0 Å².